The third kappa shape index (κ3) is 5.92. The standard InChI is InChI=1S/C21H21NO.C2HF3O2/c22-20(16-17-10-4-1-5-11-17)21(23,18-12-6-2-7-13-18)19-14-8-3-9-15-19;3-2(4,5)1(6)7/h1-15,20,23H,16,22H2;(H,6,7)/t20-;/m0./s1. The van der Waals surface area contributed by atoms with Crippen molar-refractivity contribution in [3.8, 4) is 0 Å². The molecule has 158 valence electrons. The number of rotatable bonds is 5. The Hall–Kier alpha value is -3.16. The molecule has 7 heteroatoms. The zero-order valence-electron chi connectivity index (χ0n) is 16.0. The minimum absolute atomic E-state index is 0.449. The number of alkyl halides is 3. The molecule has 0 radical (unpaired) electrons. The molecule has 3 rings (SSSR count). The SMILES string of the molecule is N[C@@H](Cc1ccccc1)C(O)(c1ccccc1)c1ccccc1.O=C(O)C(F)(F)F. The molecule has 0 saturated heterocycles. The van der Waals surface area contributed by atoms with E-state index >= 15 is 0 Å². The minimum Gasteiger partial charge on any atom is -0.475 e. The van der Waals surface area contributed by atoms with Crippen molar-refractivity contribution < 1.29 is 28.2 Å². The zero-order chi connectivity index (χ0) is 22.2. The van der Waals surface area contributed by atoms with Gasteiger partial charge in [-0.3, -0.25) is 0 Å². The minimum atomic E-state index is -5.08. The summed E-state index contributed by atoms with van der Waals surface area (Å²) in [5.41, 5.74) is 8.02. The fraction of sp³-hybridized carbons (Fsp3) is 0.174. The maximum Gasteiger partial charge on any atom is 0.490 e. The van der Waals surface area contributed by atoms with E-state index < -0.39 is 23.8 Å². The normalized spacial score (nSPS) is 12.4. The van der Waals surface area contributed by atoms with Crippen molar-refractivity contribution in [1.29, 1.82) is 0 Å². The highest BCUT2D eigenvalue weighted by atomic mass is 19.4. The van der Waals surface area contributed by atoms with Crippen LogP contribution in [0, 0.1) is 0 Å². The lowest BCUT2D eigenvalue weighted by Crippen LogP contribution is -2.47. The lowest BCUT2D eigenvalue weighted by Gasteiger charge is -2.35. The highest BCUT2D eigenvalue weighted by Crippen LogP contribution is 2.33. The number of benzene rings is 3. The first-order chi connectivity index (χ1) is 14.2. The molecule has 0 spiro atoms. The van der Waals surface area contributed by atoms with Crippen LogP contribution < -0.4 is 5.73 Å². The molecule has 0 amide bonds. The van der Waals surface area contributed by atoms with Crippen LogP contribution in [0.25, 0.3) is 0 Å². The van der Waals surface area contributed by atoms with Crippen LogP contribution in [-0.2, 0) is 16.8 Å². The lowest BCUT2D eigenvalue weighted by molar-refractivity contribution is -0.192. The van der Waals surface area contributed by atoms with Gasteiger partial charge >= 0.3 is 12.1 Å². The molecule has 3 aromatic rings. The Labute approximate surface area is 172 Å². The van der Waals surface area contributed by atoms with E-state index in [9.17, 15) is 18.3 Å². The Morgan fingerprint density at radius 3 is 1.47 bits per heavy atom. The van der Waals surface area contributed by atoms with Crippen LogP contribution in [0.2, 0.25) is 0 Å². The Kier molecular flexibility index (Phi) is 7.74. The summed E-state index contributed by atoms with van der Waals surface area (Å²) < 4.78 is 31.7. The van der Waals surface area contributed by atoms with Gasteiger partial charge in [-0.1, -0.05) is 91.0 Å². The van der Waals surface area contributed by atoms with Gasteiger partial charge in [-0.2, -0.15) is 13.2 Å². The Balaban J connectivity index is 0.000000396. The topological polar surface area (TPSA) is 83.5 Å². The van der Waals surface area contributed by atoms with Crippen LogP contribution in [0.5, 0.6) is 0 Å². The molecular weight excluding hydrogens is 395 g/mol. The highest BCUT2D eigenvalue weighted by Gasteiger charge is 2.38. The predicted octanol–water partition coefficient (Wildman–Crippen LogP) is 4.13. The van der Waals surface area contributed by atoms with Crippen LogP contribution in [0.15, 0.2) is 91.0 Å². The molecule has 0 fully saturated rings. The molecule has 0 aromatic heterocycles. The van der Waals surface area contributed by atoms with Crippen LogP contribution in [0.4, 0.5) is 13.2 Å². The second-order valence-corrected chi connectivity index (χ2v) is 6.60. The summed E-state index contributed by atoms with van der Waals surface area (Å²) in [4.78, 5) is 8.90. The number of halogens is 3. The van der Waals surface area contributed by atoms with E-state index in [2.05, 4.69) is 0 Å². The van der Waals surface area contributed by atoms with Crippen molar-refractivity contribution in [2.24, 2.45) is 5.73 Å². The fourth-order valence-electron chi connectivity index (χ4n) is 3.00. The van der Waals surface area contributed by atoms with Crippen molar-refractivity contribution in [2.75, 3.05) is 0 Å². The predicted molar refractivity (Wildman–Crippen MR) is 108 cm³/mol. The van der Waals surface area contributed by atoms with E-state index in [-0.39, 0.29) is 0 Å². The molecule has 3 aromatic carbocycles. The quantitative estimate of drug-likeness (QED) is 0.583. The molecule has 0 aliphatic carbocycles. The first kappa shape index (κ1) is 23.1. The van der Waals surface area contributed by atoms with Gasteiger partial charge < -0.3 is 15.9 Å². The number of aliphatic hydroxyl groups is 1. The number of carbonyl (C=O) groups is 1. The first-order valence-electron chi connectivity index (χ1n) is 9.08. The molecule has 0 aliphatic heterocycles. The lowest BCUT2D eigenvalue weighted by atomic mass is 9.78. The average Bonchev–Trinajstić information content (AvgIpc) is 2.75. The molecule has 4 N–H and O–H groups in total. The number of carboxylic acid groups (broad SMARTS) is 1. The molecule has 0 unspecified atom stereocenters. The summed E-state index contributed by atoms with van der Waals surface area (Å²) in [6.07, 6.45) is -4.48. The summed E-state index contributed by atoms with van der Waals surface area (Å²) in [5.74, 6) is -2.76. The average molecular weight is 417 g/mol. The monoisotopic (exact) mass is 417 g/mol. The van der Waals surface area contributed by atoms with Crippen molar-refractivity contribution in [2.45, 2.75) is 24.2 Å². The molecule has 1 atom stereocenters. The smallest absolute Gasteiger partial charge is 0.475 e. The van der Waals surface area contributed by atoms with Gasteiger partial charge in [-0.25, -0.2) is 4.79 Å². The van der Waals surface area contributed by atoms with Gasteiger partial charge in [0, 0.05) is 6.04 Å². The molecular formula is C23H22F3NO3. The van der Waals surface area contributed by atoms with Gasteiger partial charge in [0.1, 0.15) is 5.60 Å². The van der Waals surface area contributed by atoms with Crippen LogP contribution in [-0.4, -0.2) is 28.4 Å². The fourth-order valence-corrected chi connectivity index (χ4v) is 3.00. The molecule has 30 heavy (non-hydrogen) atoms. The number of hydrogen-bond acceptors (Lipinski definition) is 3. The van der Waals surface area contributed by atoms with E-state index in [1.54, 1.807) is 0 Å². The van der Waals surface area contributed by atoms with E-state index in [4.69, 9.17) is 15.6 Å². The summed E-state index contributed by atoms with van der Waals surface area (Å²) in [6.45, 7) is 0. The maximum atomic E-state index is 11.6. The maximum absolute atomic E-state index is 11.6. The number of aliphatic carboxylic acids is 1. The summed E-state index contributed by atoms with van der Waals surface area (Å²) in [6, 6.07) is 28.9. The Morgan fingerprint density at radius 1 is 0.800 bits per heavy atom. The second kappa shape index (κ2) is 10.0. The van der Waals surface area contributed by atoms with Crippen LogP contribution >= 0.6 is 0 Å². The number of carboxylic acids is 1. The largest absolute Gasteiger partial charge is 0.490 e. The van der Waals surface area contributed by atoms with E-state index in [0.717, 1.165) is 16.7 Å². The summed E-state index contributed by atoms with van der Waals surface area (Å²) >= 11 is 0. The van der Waals surface area contributed by atoms with E-state index in [1.165, 1.54) is 0 Å². The molecule has 0 saturated carbocycles. The first-order valence-corrected chi connectivity index (χ1v) is 9.08. The van der Waals surface area contributed by atoms with Crippen molar-refractivity contribution in [3.05, 3.63) is 108 Å². The van der Waals surface area contributed by atoms with Crippen molar-refractivity contribution in [3.63, 3.8) is 0 Å². The molecule has 4 nitrogen and oxygen atoms in total. The van der Waals surface area contributed by atoms with Gasteiger partial charge in [0.2, 0.25) is 0 Å². The van der Waals surface area contributed by atoms with Gasteiger partial charge in [0.25, 0.3) is 0 Å². The van der Waals surface area contributed by atoms with E-state index in [1.807, 2.05) is 91.0 Å². The molecule has 0 aliphatic rings. The molecule has 0 heterocycles. The van der Waals surface area contributed by atoms with Gasteiger partial charge in [0.15, 0.2) is 0 Å². The van der Waals surface area contributed by atoms with E-state index in [0.29, 0.717) is 6.42 Å². The highest BCUT2D eigenvalue weighted by molar-refractivity contribution is 5.73. The number of hydrogen-bond donors (Lipinski definition) is 3. The zero-order valence-corrected chi connectivity index (χ0v) is 16.0. The van der Waals surface area contributed by atoms with Gasteiger partial charge in [-0.05, 0) is 23.1 Å². The van der Waals surface area contributed by atoms with Crippen molar-refractivity contribution >= 4 is 5.97 Å². The van der Waals surface area contributed by atoms with Crippen LogP contribution in [0.1, 0.15) is 16.7 Å². The summed E-state index contributed by atoms with van der Waals surface area (Å²) in [7, 11) is 0. The Morgan fingerprint density at radius 2 is 1.13 bits per heavy atom. The van der Waals surface area contributed by atoms with Gasteiger partial charge in [0.05, 0.1) is 0 Å². The molecule has 0 bridgehead atoms. The Bertz CT molecular complexity index is 877. The van der Waals surface area contributed by atoms with Crippen molar-refractivity contribution in [1.82, 2.24) is 0 Å². The van der Waals surface area contributed by atoms with Crippen LogP contribution in [0.3, 0.4) is 0 Å². The van der Waals surface area contributed by atoms with Gasteiger partial charge in [-0.15, -0.1) is 0 Å². The summed E-state index contributed by atoms with van der Waals surface area (Å²) in [5, 5.41) is 18.7. The third-order valence-corrected chi connectivity index (χ3v) is 4.51. The second-order valence-electron chi connectivity index (χ2n) is 6.60. The number of nitrogens with two attached hydrogens (primary N) is 1. The third-order valence-electron chi connectivity index (χ3n) is 4.51.